The lowest BCUT2D eigenvalue weighted by atomic mass is 10.3. The second-order valence-electron chi connectivity index (χ2n) is 3.93. The van der Waals surface area contributed by atoms with E-state index in [2.05, 4.69) is 6.92 Å². The van der Waals surface area contributed by atoms with Gasteiger partial charge >= 0.3 is 0 Å². The van der Waals surface area contributed by atoms with E-state index in [0.29, 0.717) is 17.6 Å². The molecule has 0 aromatic carbocycles. The fourth-order valence-corrected chi connectivity index (χ4v) is 2.14. The Morgan fingerprint density at radius 3 is 2.71 bits per heavy atom. The summed E-state index contributed by atoms with van der Waals surface area (Å²) in [4.78, 5) is 0. The molecule has 2 N–H and O–H groups in total. The molecule has 1 heterocycles. The first-order valence-corrected chi connectivity index (χ1v) is 6.26. The average Bonchev–Trinajstić information content (AvgIpc) is 2.58. The summed E-state index contributed by atoms with van der Waals surface area (Å²) < 4.78 is 26.9. The van der Waals surface area contributed by atoms with Crippen LogP contribution in [0.1, 0.15) is 30.8 Å². The maximum Gasteiger partial charge on any atom is 0.216 e. The van der Waals surface area contributed by atoms with Crippen LogP contribution in [0.2, 0.25) is 0 Å². The molecule has 0 spiro atoms. The minimum atomic E-state index is -3.48. The number of nitrogens with two attached hydrogens (primary N) is 1. The van der Waals surface area contributed by atoms with E-state index in [1.165, 1.54) is 0 Å². The number of rotatable bonds is 3. The molecular weight excluding hydrogens is 202 g/mol. The molecule has 1 aromatic heterocycles. The van der Waals surface area contributed by atoms with Gasteiger partial charge in [-0.2, -0.15) is 0 Å². The summed E-state index contributed by atoms with van der Waals surface area (Å²) in [5.41, 5.74) is 0. The molecule has 2 unspecified atom stereocenters. The van der Waals surface area contributed by atoms with E-state index in [1.807, 2.05) is 6.07 Å². The lowest BCUT2D eigenvalue weighted by Crippen LogP contribution is -2.13. The fraction of sp³-hybridized carbons (Fsp3) is 0.556. The van der Waals surface area contributed by atoms with Crippen molar-refractivity contribution < 1.29 is 12.8 Å². The second-order valence-corrected chi connectivity index (χ2v) is 5.55. The summed E-state index contributed by atoms with van der Waals surface area (Å²) in [7, 11) is -3.48. The van der Waals surface area contributed by atoms with Gasteiger partial charge in [0.2, 0.25) is 10.0 Å². The van der Waals surface area contributed by atoms with Crippen LogP contribution < -0.4 is 5.14 Å². The third kappa shape index (κ3) is 2.16. The maximum absolute atomic E-state index is 10.8. The van der Waals surface area contributed by atoms with Gasteiger partial charge in [0.15, 0.2) is 0 Å². The number of furan rings is 1. The van der Waals surface area contributed by atoms with Crippen molar-refractivity contribution in [1.82, 2.24) is 0 Å². The maximum atomic E-state index is 10.8. The van der Waals surface area contributed by atoms with Crippen molar-refractivity contribution in [2.45, 2.75) is 25.0 Å². The highest BCUT2D eigenvalue weighted by atomic mass is 32.2. The van der Waals surface area contributed by atoms with Gasteiger partial charge in [-0.15, -0.1) is 0 Å². The van der Waals surface area contributed by atoms with E-state index in [1.54, 1.807) is 6.07 Å². The minimum absolute atomic E-state index is 0.214. The van der Waals surface area contributed by atoms with Crippen molar-refractivity contribution in [2.24, 2.45) is 11.1 Å². The molecule has 1 aliphatic carbocycles. The van der Waals surface area contributed by atoms with Gasteiger partial charge in [0.25, 0.3) is 0 Å². The van der Waals surface area contributed by atoms with Gasteiger partial charge in [-0.05, 0) is 24.5 Å². The molecule has 0 amide bonds. The predicted molar refractivity (Wildman–Crippen MR) is 52.0 cm³/mol. The quantitative estimate of drug-likeness (QED) is 0.823. The molecule has 0 aliphatic heterocycles. The standard InChI is InChI=1S/C9H13NO3S/c1-6-4-8(6)9-3-2-7(13-9)5-14(10,11)12/h2-3,6,8H,4-5H2,1H3,(H2,10,11,12). The molecule has 2 atom stereocenters. The van der Waals surface area contributed by atoms with Crippen LogP contribution in [0.4, 0.5) is 0 Å². The molecule has 14 heavy (non-hydrogen) atoms. The Labute approximate surface area is 83.1 Å². The Morgan fingerprint density at radius 2 is 2.21 bits per heavy atom. The van der Waals surface area contributed by atoms with Crippen LogP contribution in [0.5, 0.6) is 0 Å². The molecule has 1 aromatic rings. The van der Waals surface area contributed by atoms with Gasteiger partial charge in [-0.1, -0.05) is 6.92 Å². The molecule has 1 fully saturated rings. The fourth-order valence-electron chi connectivity index (χ4n) is 1.59. The van der Waals surface area contributed by atoms with Crippen LogP contribution in [0.3, 0.4) is 0 Å². The van der Waals surface area contributed by atoms with Gasteiger partial charge in [-0.3, -0.25) is 0 Å². The van der Waals surface area contributed by atoms with Crippen molar-refractivity contribution >= 4 is 10.0 Å². The topological polar surface area (TPSA) is 73.3 Å². The Morgan fingerprint density at radius 1 is 1.57 bits per heavy atom. The Balaban J connectivity index is 2.11. The van der Waals surface area contributed by atoms with Crippen molar-refractivity contribution in [3.8, 4) is 0 Å². The van der Waals surface area contributed by atoms with Crippen molar-refractivity contribution in [3.05, 3.63) is 23.7 Å². The lowest BCUT2D eigenvalue weighted by Gasteiger charge is -1.94. The Bertz CT molecular complexity index is 435. The molecule has 1 aliphatic rings. The number of hydrogen-bond donors (Lipinski definition) is 1. The zero-order valence-electron chi connectivity index (χ0n) is 7.93. The van der Waals surface area contributed by atoms with Crippen molar-refractivity contribution in [3.63, 3.8) is 0 Å². The van der Waals surface area contributed by atoms with Crippen LogP contribution in [0, 0.1) is 5.92 Å². The SMILES string of the molecule is CC1CC1c1ccc(CS(N)(=O)=O)o1. The third-order valence-corrected chi connectivity index (χ3v) is 3.19. The smallest absolute Gasteiger partial charge is 0.216 e. The third-order valence-electron chi connectivity index (χ3n) is 2.50. The van der Waals surface area contributed by atoms with E-state index < -0.39 is 10.0 Å². The molecular formula is C9H13NO3S. The van der Waals surface area contributed by atoms with Crippen LogP contribution in [-0.4, -0.2) is 8.42 Å². The summed E-state index contributed by atoms with van der Waals surface area (Å²) in [5, 5.41) is 4.91. The number of sulfonamides is 1. The van der Waals surface area contributed by atoms with Gasteiger partial charge in [0.1, 0.15) is 17.3 Å². The Kier molecular flexibility index (Phi) is 2.16. The predicted octanol–water partition coefficient (Wildman–Crippen LogP) is 1.19. The van der Waals surface area contributed by atoms with Crippen LogP contribution >= 0.6 is 0 Å². The van der Waals surface area contributed by atoms with Crippen LogP contribution in [0.15, 0.2) is 16.5 Å². The highest BCUT2D eigenvalue weighted by Gasteiger charge is 2.36. The number of hydrogen-bond acceptors (Lipinski definition) is 3. The van der Waals surface area contributed by atoms with Gasteiger partial charge < -0.3 is 4.42 Å². The highest BCUT2D eigenvalue weighted by Crippen LogP contribution is 2.47. The van der Waals surface area contributed by atoms with Crippen molar-refractivity contribution in [2.75, 3.05) is 0 Å². The van der Waals surface area contributed by atoms with Gasteiger partial charge in [-0.25, -0.2) is 13.6 Å². The summed E-state index contributed by atoms with van der Waals surface area (Å²) in [6, 6.07) is 3.53. The zero-order valence-corrected chi connectivity index (χ0v) is 8.75. The molecule has 78 valence electrons. The first-order valence-electron chi connectivity index (χ1n) is 4.55. The highest BCUT2D eigenvalue weighted by molar-refractivity contribution is 7.88. The molecule has 0 saturated heterocycles. The van der Waals surface area contributed by atoms with Gasteiger partial charge in [0, 0.05) is 5.92 Å². The largest absolute Gasteiger partial charge is 0.465 e. The van der Waals surface area contributed by atoms with E-state index in [9.17, 15) is 8.42 Å². The summed E-state index contributed by atoms with van der Waals surface area (Å²) >= 11 is 0. The van der Waals surface area contributed by atoms with E-state index >= 15 is 0 Å². The molecule has 1 saturated carbocycles. The lowest BCUT2D eigenvalue weighted by molar-refractivity contribution is 0.472. The zero-order chi connectivity index (χ0) is 10.3. The molecule has 4 nitrogen and oxygen atoms in total. The van der Waals surface area contributed by atoms with E-state index in [-0.39, 0.29) is 5.75 Å². The average molecular weight is 215 g/mol. The molecule has 2 rings (SSSR count). The van der Waals surface area contributed by atoms with Gasteiger partial charge in [0.05, 0.1) is 0 Å². The summed E-state index contributed by atoms with van der Waals surface area (Å²) in [6.07, 6.45) is 1.13. The van der Waals surface area contributed by atoms with E-state index in [0.717, 1.165) is 12.2 Å². The van der Waals surface area contributed by atoms with Crippen LogP contribution in [-0.2, 0) is 15.8 Å². The second kappa shape index (κ2) is 3.10. The monoisotopic (exact) mass is 215 g/mol. The normalized spacial score (nSPS) is 26.4. The molecule has 0 bridgehead atoms. The van der Waals surface area contributed by atoms with Crippen LogP contribution in [0.25, 0.3) is 0 Å². The van der Waals surface area contributed by atoms with E-state index in [4.69, 9.17) is 9.56 Å². The molecule has 5 heteroatoms. The summed E-state index contributed by atoms with van der Waals surface area (Å²) in [6.45, 7) is 2.15. The first kappa shape index (κ1) is 9.73. The molecule has 0 radical (unpaired) electrons. The van der Waals surface area contributed by atoms with Crippen molar-refractivity contribution in [1.29, 1.82) is 0 Å². The Hall–Kier alpha value is -0.810. The first-order chi connectivity index (χ1) is 6.46. The number of primary sulfonamides is 1. The summed E-state index contributed by atoms with van der Waals surface area (Å²) in [5.74, 6) is 2.24. The minimum Gasteiger partial charge on any atom is -0.465 e.